The molecule has 1 heterocycles. The van der Waals surface area contributed by atoms with E-state index < -0.39 is 0 Å². The summed E-state index contributed by atoms with van der Waals surface area (Å²) in [6.45, 7) is 7.53. The van der Waals surface area contributed by atoms with Gasteiger partial charge in [0.05, 0.1) is 0 Å². The normalized spacial score (nSPS) is 30.8. The van der Waals surface area contributed by atoms with Gasteiger partial charge in [0.1, 0.15) is 11.6 Å². The number of fused-ring (bicyclic) bond motifs is 1. The Balaban J connectivity index is 1.66. The van der Waals surface area contributed by atoms with Crippen LogP contribution < -0.4 is 5.32 Å². The molecule has 126 valence electrons. The fraction of sp³-hybridized carbons (Fsp3) is 0.650. The van der Waals surface area contributed by atoms with Crippen molar-refractivity contribution >= 4 is 5.97 Å². The number of hydrogen-bond donors (Lipinski definition) is 1. The van der Waals surface area contributed by atoms with Crippen LogP contribution in [0.2, 0.25) is 0 Å². The van der Waals surface area contributed by atoms with Crippen molar-refractivity contribution in [2.75, 3.05) is 6.54 Å². The maximum absolute atomic E-state index is 12.8. The molecule has 1 fully saturated rings. The third-order valence-corrected chi connectivity index (χ3v) is 5.72. The van der Waals surface area contributed by atoms with Crippen molar-refractivity contribution in [1.29, 1.82) is 0 Å². The van der Waals surface area contributed by atoms with Gasteiger partial charge in [0.2, 0.25) is 0 Å². The molecule has 3 rings (SSSR count). The molecule has 1 aromatic carbocycles. The Morgan fingerprint density at radius 3 is 2.65 bits per heavy atom. The quantitative estimate of drug-likeness (QED) is 0.856. The Kier molecular flexibility index (Phi) is 4.77. The summed E-state index contributed by atoms with van der Waals surface area (Å²) in [5, 5.41) is 3.33. The van der Waals surface area contributed by atoms with Crippen molar-refractivity contribution in [3.63, 3.8) is 0 Å². The summed E-state index contributed by atoms with van der Waals surface area (Å²) >= 11 is 0. The highest BCUT2D eigenvalue weighted by molar-refractivity contribution is 5.79. The molecule has 0 saturated heterocycles. The summed E-state index contributed by atoms with van der Waals surface area (Å²) in [7, 11) is 0. The second kappa shape index (κ2) is 6.64. The van der Waals surface area contributed by atoms with Gasteiger partial charge >= 0.3 is 5.97 Å². The van der Waals surface area contributed by atoms with Crippen molar-refractivity contribution in [3.05, 3.63) is 35.4 Å². The molecule has 1 unspecified atom stereocenters. The molecule has 0 aromatic heterocycles. The molecule has 1 aliphatic carbocycles. The van der Waals surface area contributed by atoms with Crippen LogP contribution >= 0.6 is 0 Å². The predicted molar refractivity (Wildman–Crippen MR) is 92.2 cm³/mol. The lowest BCUT2D eigenvalue weighted by Crippen LogP contribution is -2.42. The van der Waals surface area contributed by atoms with Gasteiger partial charge in [0, 0.05) is 6.54 Å². The Labute approximate surface area is 139 Å². The van der Waals surface area contributed by atoms with E-state index in [0.29, 0.717) is 0 Å². The molecule has 1 atom stereocenters. The standard InChI is InChI=1S/C20H29NO2/c1-14(2)15-8-11-20(3,12-9-15)23-19(22)18-17-7-5-4-6-16(17)10-13-21-18/h4-7,14-15,18,21H,8-13H2,1-3H3. The minimum Gasteiger partial charge on any atom is -0.458 e. The van der Waals surface area contributed by atoms with Crippen LogP contribution in [0.1, 0.15) is 63.6 Å². The zero-order valence-corrected chi connectivity index (χ0v) is 14.6. The van der Waals surface area contributed by atoms with Crippen molar-refractivity contribution in [2.24, 2.45) is 11.8 Å². The van der Waals surface area contributed by atoms with Gasteiger partial charge in [0.15, 0.2) is 0 Å². The van der Waals surface area contributed by atoms with Gasteiger partial charge in [-0.2, -0.15) is 0 Å². The lowest BCUT2D eigenvalue weighted by Gasteiger charge is -2.39. The molecule has 3 nitrogen and oxygen atoms in total. The first-order chi connectivity index (χ1) is 11.0. The minimum atomic E-state index is -0.306. The summed E-state index contributed by atoms with van der Waals surface area (Å²) in [5.41, 5.74) is 2.06. The Morgan fingerprint density at radius 2 is 1.96 bits per heavy atom. The van der Waals surface area contributed by atoms with E-state index in [1.807, 2.05) is 18.2 Å². The molecule has 0 spiro atoms. The summed E-state index contributed by atoms with van der Waals surface area (Å²) < 4.78 is 6.00. The van der Waals surface area contributed by atoms with E-state index in [0.717, 1.165) is 56.0 Å². The Hall–Kier alpha value is -1.35. The minimum absolute atomic E-state index is 0.109. The van der Waals surface area contributed by atoms with E-state index in [4.69, 9.17) is 4.74 Å². The van der Waals surface area contributed by atoms with E-state index in [-0.39, 0.29) is 17.6 Å². The Morgan fingerprint density at radius 1 is 1.26 bits per heavy atom. The monoisotopic (exact) mass is 315 g/mol. The van der Waals surface area contributed by atoms with Crippen LogP contribution in [-0.2, 0) is 16.0 Å². The first-order valence-electron chi connectivity index (χ1n) is 9.02. The fourth-order valence-electron chi connectivity index (χ4n) is 4.04. The van der Waals surface area contributed by atoms with Crippen molar-refractivity contribution in [3.8, 4) is 0 Å². The predicted octanol–water partition coefficient (Wildman–Crippen LogP) is 4.02. The van der Waals surface area contributed by atoms with Crippen LogP contribution in [0.15, 0.2) is 24.3 Å². The summed E-state index contributed by atoms with van der Waals surface area (Å²) in [6, 6.07) is 7.90. The maximum atomic E-state index is 12.8. The highest BCUT2D eigenvalue weighted by Crippen LogP contribution is 2.38. The molecule has 2 aliphatic rings. The van der Waals surface area contributed by atoms with Gasteiger partial charge in [-0.15, -0.1) is 0 Å². The van der Waals surface area contributed by atoms with E-state index in [9.17, 15) is 4.79 Å². The van der Waals surface area contributed by atoms with Gasteiger partial charge in [-0.1, -0.05) is 38.1 Å². The SMILES string of the molecule is CC(C)C1CCC(C)(OC(=O)C2NCCc3ccccc32)CC1. The van der Waals surface area contributed by atoms with Gasteiger partial charge in [-0.3, -0.25) is 0 Å². The van der Waals surface area contributed by atoms with E-state index in [1.54, 1.807) is 0 Å². The molecule has 1 saturated carbocycles. The average molecular weight is 315 g/mol. The Bertz CT molecular complexity index is 559. The number of esters is 1. The number of rotatable bonds is 3. The number of hydrogen-bond acceptors (Lipinski definition) is 3. The zero-order chi connectivity index (χ0) is 16.4. The molecule has 0 bridgehead atoms. The average Bonchev–Trinajstić information content (AvgIpc) is 2.54. The van der Waals surface area contributed by atoms with Crippen molar-refractivity contribution in [2.45, 2.75) is 64.5 Å². The molecular formula is C20H29NO2. The van der Waals surface area contributed by atoms with E-state index in [1.165, 1.54) is 5.56 Å². The van der Waals surface area contributed by atoms with Gasteiger partial charge in [0.25, 0.3) is 0 Å². The maximum Gasteiger partial charge on any atom is 0.328 e. The first kappa shape index (κ1) is 16.5. The van der Waals surface area contributed by atoms with Crippen molar-refractivity contribution < 1.29 is 9.53 Å². The molecule has 1 aromatic rings. The third-order valence-electron chi connectivity index (χ3n) is 5.72. The van der Waals surface area contributed by atoms with E-state index >= 15 is 0 Å². The smallest absolute Gasteiger partial charge is 0.328 e. The first-order valence-corrected chi connectivity index (χ1v) is 9.02. The van der Waals surface area contributed by atoms with Gasteiger partial charge in [-0.25, -0.2) is 4.79 Å². The number of benzene rings is 1. The van der Waals surface area contributed by atoms with Crippen LogP contribution in [0, 0.1) is 11.8 Å². The van der Waals surface area contributed by atoms with Crippen LogP contribution in [-0.4, -0.2) is 18.1 Å². The lowest BCUT2D eigenvalue weighted by atomic mass is 9.75. The van der Waals surface area contributed by atoms with Crippen LogP contribution in [0.5, 0.6) is 0 Å². The topological polar surface area (TPSA) is 38.3 Å². The summed E-state index contributed by atoms with van der Waals surface area (Å²) in [4.78, 5) is 12.8. The second-order valence-corrected chi connectivity index (χ2v) is 7.79. The largest absolute Gasteiger partial charge is 0.458 e. The molecule has 1 N–H and O–H groups in total. The number of carbonyl (C=O) groups excluding carboxylic acids is 1. The molecule has 0 amide bonds. The molecule has 1 aliphatic heterocycles. The van der Waals surface area contributed by atoms with E-state index in [2.05, 4.69) is 32.2 Å². The van der Waals surface area contributed by atoms with Crippen molar-refractivity contribution in [1.82, 2.24) is 5.32 Å². The zero-order valence-electron chi connectivity index (χ0n) is 14.6. The lowest BCUT2D eigenvalue weighted by molar-refractivity contribution is -0.165. The van der Waals surface area contributed by atoms with Crippen LogP contribution in [0.4, 0.5) is 0 Å². The van der Waals surface area contributed by atoms with Gasteiger partial charge in [-0.05, 0) is 62.0 Å². The highest BCUT2D eigenvalue weighted by Gasteiger charge is 2.38. The molecule has 23 heavy (non-hydrogen) atoms. The fourth-order valence-corrected chi connectivity index (χ4v) is 4.04. The van der Waals surface area contributed by atoms with Crippen LogP contribution in [0.3, 0.4) is 0 Å². The molecule has 0 radical (unpaired) electrons. The summed E-state index contributed by atoms with van der Waals surface area (Å²) in [6.07, 6.45) is 5.27. The molecular weight excluding hydrogens is 286 g/mol. The van der Waals surface area contributed by atoms with Crippen LogP contribution in [0.25, 0.3) is 0 Å². The highest BCUT2D eigenvalue weighted by atomic mass is 16.6. The summed E-state index contributed by atoms with van der Waals surface area (Å²) in [5.74, 6) is 1.39. The second-order valence-electron chi connectivity index (χ2n) is 7.79. The molecule has 3 heteroatoms. The number of ether oxygens (including phenoxy) is 1. The van der Waals surface area contributed by atoms with Gasteiger partial charge < -0.3 is 10.1 Å². The number of carbonyl (C=O) groups is 1. The third kappa shape index (κ3) is 3.60. The number of nitrogens with one attached hydrogen (secondary N) is 1.